The standard InChI is InChI=1S/C22H32N2O3/c1-16(2)9-12-23-13-10-18-17(14-23)6-5-11-24(18)22(25)21-15-26-19-7-3-4-8-20(19)27-21/h3-4,7-8,16-18,21H,5-6,9-15H2,1-2H3/t17-,18-,21?/m1/s1. The Morgan fingerprint density at radius 3 is 2.81 bits per heavy atom. The van der Waals surface area contributed by atoms with Gasteiger partial charge < -0.3 is 19.3 Å². The van der Waals surface area contributed by atoms with Gasteiger partial charge in [0.05, 0.1) is 0 Å². The van der Waals surface area contributed by atoms with Crippen molar-refractivity contribution in [3.05, 3.63) is 24.3 Å². The van der Waals surface area contributed by atoms with Crippen LogP contribution in [0.4, 0.5) is 0 Å². The Morgan fingerprint density at radius 1 is 1.19 bits per heavy atom. The molecule has 3 aliphatic heterocycles. The molecule has 5 nitrogen and oxygen atoms in total. The fraction of sp³-hybridized carbons (Fsp3) is 0.682. The summed E-state index contributed by atoms with van der Waals surface area (Å²) in [6.45, 7) is 9.16. The van der Waals surface area contributed by atoms with Crippen LogP contribution in [-0.4, -0.2) is 60.6 Å². The van der Waals surface area contributed by atoms with Gasteiger partial charge in [-0.25, -0.2) is 0 Å². The normalized spacial score (nSPS) is 28.1. The zero-order chi connectivity index (χ0) is 18.8. The molecule has 3 aliphatic rings. The van der Waals surface area contributed by atoms with Crippen molar-refractivity contribution in [2.45, 2.75) is 51.7 Å². The minimum atomic E-state index is -0.516. The molecular formula is C22H32N2O3. The summed E-state index contributed by atoms with van der Waals surface area (Å²) in [4.78, 5) is 17.9. The Kier molecular flexibility index (Phi) is 5.58. The number of rotatable bonds is 4. The highest BCUT2D eigenvalue weighted by Crippen LogP contribution is 2.34. The molecule has 0 spiro atoms. The molecule has 0 aliphatic carbocycles. The van der Waals surface area contributed by atoms with E-state index in [4.69, 9.17) is 9.47 Å². The third kappa shape index (κ3) is 4.08. The lowest BCUT2D eigenvalue weighted by molar-refractivity contribution is -0.148. The van der Waals surface area contributed by atoms with E-state index >= 15 is 0 Å². The van der Waals surface area contributed by atoms with E-state index in [2.05, 4.69) is 23.6 Å². The quantitative estimate of drug-likeness (QED) is 0.814. The molecule has 0 bridgehead atoms. The van der Waals surface area contributed by atoms with Gasteiger partial charge in [0.1, 0.15) is 6.61 Å². The molecule has 0 radical (unpaired) electrons. The number of carbonyl (C=O) groups is 1. The number of hydrogen-bond donors (Lipinski definition) is 0. The van der Waals surface area contributed by atoms with Crippen LogP contribution in [0.2, 0.25) is 0 Å². The Labute approximate surface area is 162 Å². The smallest absolute Gasteiger partial charge is 0.267 e. The lowest BCUT2D eigenvalue weighted by Gasteiger charge is -2.48. The summed E-state index contributed by atoms with van der Waals surface area (Å²) in [5.41, 5.74) is 0. The predicted octanol–water partition coefficient (Wildman–Crippen LogP) is 3.19. The maximum atomic E-state index is 13.2. The van der Waals surface area contributed by atoms with Gasteiger partial charge in [-0.1, -0.05) is 26.0 Å². The van der Waals surface area contributed by atoms with E-state index in [-0.39, 0.29) is 5.91 Å². The number of benzene rings is 1. The fourth-order valence-corrected chi connectivity index (χ4v) is 4.72. The molecule has 5 heteroatoms. The summed E-state index contributed by atoms with van der Waals surface area (Å²) in [5.74, 6) is 2.87. The van der Waals surface area contributed by atoms with Crippen molar-refractivity contribution >= 4 is 5.91 Å². The summed E-state index contributed by atoms with van der Waals surface area (Å²) in [6.07, 6.45) is 4.15. The first-order valence-corrected chi connectivity index (χ1v) is 10.5. The van der Waals surface area contributed by atoms with E-state index in [1.165, 1.54) is 19.4 Å². The number of nitrogens with zero attached hydrogens (tertiary/aromatic N) is 2. The Bertz CT molecular complexity index is 663. The molecule has 1 amide bonds. The third-order valence-electron chi connectivity index (χ3n) is 6.24. The van der Waals surface area contributed by atoms with Crippen LogP contribution in [0.15, 0.2) is 24.3 Å². The fourth-order valence-electron chi connectivity index (χ4n) is 4.72. The van der Waals surface area contributed by atoms with E-state index in [1.807, 2.05) is 24.3 Å². The van der Waals surface area contributed by atoms with Crippen LogP contribution in [0, 0.1) is 11.8 Å². The molecule has 4 rings (SSSR count). The molecule has 0 N–H and O–H groups in total. The second-order valence-corrected chi connectivity index (χ2v) is 8.64. The Morgan fingerprint density at radius 2 is 2.00 bits per heavy atom. The molecule has 1 unspecified atom stereocenters. The average molecular weight is 373 g/mol. The molecule has 0 aromatic heterocycles. The lowest BCUT2D eigenvalue weighted by Crippen LogP contribution is -2.59. The number of ether oxygens (including phenoxy) is 2. The van der Waals surface area contributed by atoms with Gasteiger partial charge in [0.2, 0.25) is 6.10 Å². The minimum absolute atomic E-state index is 0.106. The van der Waals surface area contributed by atoms with E-state index in [9.17, 15) is 4.79 Å². The number of hydrogen-bond acceptors (Lipinski definition) is 4. The summed E-state index contributed by atoms with van der Waals surface area (Å²) < 4.78 is 11.8. The van der Waals surface area contributed by atoms with Crippen molar-refractivity contribution in [3.63, 3.8) is 0 Å². The molecule has 3 atom stereocenters. The van der Waals surface area contributed by atoms with Crippen LogP contribution in [0.25, 0.3) is 0 Å². The first kappa shape index (κ1) is 18.6. The third-order valence-corrected chi connectivity index (χ3v) is 6.24. The zero-order valence-corrected chi connectivity index (χ0v) is 16.6. The minimum Gasteiger partial charge on any atom is -0.485 e. The van der Waals surface area contributed by atoms with Crippen molar-refractivity contribution in [3.8, 4) is 11.5 Å². The number of likely N-dealkylation sites (tertiary alicyclic amines) is 2. The van der Waals surface area contributed by atoms with Crippen LogP contribution in [-0.2, 0) is 4.79 Å². The van der Waals surface area contributed by atoms with Crippen molar-refractivity contribution in [1.29, 1.82) is 0 Å². The number of fused-ring (bicyclic) bond motifs is 2. The van der Waals surface area contributed by atoms with Gasteiger partial charge in [0.15, 0.2) is 11.5 Å². The SMILES string of the molecule is CC(C)CCN1CC[C@@H]2[C@H](CCCN2C(=O)C2COc3ccccc3O2)C1. The molecule has 2 fully saturated rings. The topological polar surface area (TPSA) is 42.0 Å². The predicted molar refractivity (Wildman–Crippen MR) is 105 cm³/mol. The summed E-state index contributed by atoms with van der Waals surface area (Å²) in [6, 6.07) is 7.97. The van der Waals surface area contributed by atoms with Gasteiger partial charge in [-0.15, -0.1) is 0 Å². The van der Waals surface area contributed by atoms with E-state index < -0.39 is 6.10 Å². The van der Waals surface area contributed by atoms with Crippen LogP contribution < -0.4 is 9.47 Å². The van der Waals surface area contributed by atoms with Gasteiger partial charge >= 0.3 is 0 Å². The molecule has 0 saturated carbocycles. The molecular weight excluding hydrogens is 340 g/mol. The van der Waals surface area contributed by atoms with Gasteiger partial charge in [-0.05, 0) is 56.2 Å². The Balaban J connectivity index is 1.39. The van der Waals surface area contributed by atoms with Crippen LogP contribution in [0.3, 0.4) is 0 Å². The maximum absolute atomic E-state index is 13.2. The highest BCUT2D eigenvalue weighted by molar-refractivity contribution is 5.82. The molecule has 2 saturated heterocycles. The van der Waals surface area contributed by atoms with Crippen molar-refractivity contribution < 1.29 is 14.3 Å². The van der Waals surface area contributed by atoms with E-state index in [1.54, 1.807) is 0 Å². The molecule has 3 heterocycles. The van der Waals surface area contributed by atoms with Crippen LogP contribution in [0.1, 0.15) is 39.5 Å². The van der Waals surface area contributed by atoms with Gasteiger partial charge in [-0.2, -0.15) is 0 Å². The number of piperidine rings is 2. The maximum Gasteiger partial charge on any atom is 0.267 e. The molecule has 1 aromatic carbocycles. The number of amides is 1. The largest absolute Gasteiger partial charge is 0.485 e. The van der Waals surface area contributed by atoms with Crippen molar-refractivity contribution in [2.24, 2.45) is 11.8 Å². The summed E-state index contributed by atoms with van der Waals surface area (Å²) in [5, 5.41) is 0. The lowest BCUT2D eigenvalue weighted by atomic mass is 9.83. The van der Waals surface area contributed by atoms with Crippen LogP contribution >= 0.6 is 0 Å². The number of para-hydroxylation sites is 2. The van der Waals surface area contributed by atoms with E-state index in [0.29, 0.717) is 24.3 Å². The highest BCUT2D eigenvalue weighted by atomic mass is 16.6. The summed E-state index contributed by atoms with van der Waals surface area (Å²) in [7, 11) is 0. The van der Waals surface area contributed by atoms with Gasteiger partial charge in [0.25, 0.3) is 5.91 Å². The monoisotopic (exact) mass is 372 g/mol. The molecule has 27 heavy (non-hydrogen) atoms. The molecule has 148 valence electrons. The van der Waals surface area contributed by atoms with E-state index in [0.717, 1.165) is 44.1 Å². The van der Waals surface area contributed by atoms with Crippen molar-refractivity contribution in [2.75, 3.05) is 32.8 Å². The molecule has 1 aromatic rings. The first-order chi connectivity index (χ1) is 13.1. The van der Waals surface area contributed by atoms with Crippen LogP contribution in [0.5, 0.6) is 11.5 Å². The Hall–Kier alpha value is -1.75. The van der Waals surface area contributed by atoms with Gasteiger partial charge in [0, 0.05) is 25.7 Å². The van der Waals surface area contributed by atoms with Crippen molar-refractivity contribution in [1.82, 2.24) is 9.80 Å². The number of carbonyl (C=O) groups excluding carboxylic acids is 1. The second kappa shape index (κ2) is 8.09. The first-order valence-electron chi connectivity index (χ1n) is 10.5. The second-order valence-electron chi connectivity index (χ2n) is 8.64. The highest BCUT2D eigenvalue weighted by Gasteiger charge is 2.41. The zero-order valence-electron chi connectivity index (χ0n) is 16.6. The van der Waals surface area contributed by atoms with Gasteiger partial charge in [-0.3, -0.25) is 4.79 Å². The average Bonchev–Trinajstić information content (AvgIpc) is 2.70. The summed E-state index contributed by atoms with van der Waals surface area (Å²) >= 11 is 0.